The molecule has 1 heterocycles. The van der Waals surface area contributed by atoms with Crippen LogP contribution >= 0.6 is 0 Å². The number of ether oxygens (including phenoxy) is 1. The molecule has 0 amide bonds. The molecule has 1 aromatic heterocycles. The van der Waals surface area contributed by atoms with Crippen molar-refractivity contribution in [2.45, 2.75) is 0 Å². The molecule has 0 fully saturated rings. The van der Waals surface area contributed by atoms with E-state index in [1.54, 1.807) is 19.3 Å². The van der Waals surface area contributed by atoms with Gasteiger partial charge in [-0.15, -0.1) is 0 Å². The van der Waals surface area contributed by atoms with Crippen molar-refractivity contribution in [2.75, 3.05) is 19.5 Å². The third-order valence-electron chi connectivity index (χ3n) is 1.07. The zero-order valence-corrected chi connectivity index (χ0v) is 5.96. The molecule has 0 spiro atoms. The zero-order chi connectivity index (χ0) is 7.40. The van der Waals surface area contributed by atoms with Crippen molar-refractivity contribution >= 4 is 5.82 Å². The maximum atomic E-state index is 4.79. The predicted octanol–water partition coefficient (Wildman–Crippen LogP) is 0.527. The van der Waals surface area contributed by atoms with Gasteiger partial charge >= 0.3 is 6.01 Å². The lowest BCUT2D eigenvalue weighted by Crippen LogP contribution is -1.96. The van der Waals surface area contributed by atoms with Crippen LogP contribution in [0.2, 0.25) is 0 Å². The Morgan fingerprint density at radius 3 is 3.00 bits per heavy atom. The van der Waals surface area contributed by atoms with Crippen LogP contribution in [0.25, 0.3) is 0 Å². The van der Waals surface area contributed by atoms with Crippen LogP contribution in [0, 0.1) is 0 Å². The lowest BCUT2D eigenvalue weighted by atomic mass is 10.6. The minimum atomic E-state index is 0.381. The van der Waals surface area contributed by atoms with E-state index >= 15 is 0 Å². The Kier molecular flexibility index (Phi) is 2.04. The number of anilines is 1. The molecule has 0 aliphatic heterocycles. The van der Waals surface area contributed by atoms with Gasteiger partial charge in [-0.2, -0.15) is 4.98 Å². The van der Waals surface area contributed by atoms with Crippen LogP contribution in [0.15, 0.2) is 12.3 Å². The maximum absolute atomic E-state index is 4.79. The highest BCUT2D eigenvalue weighted by Crippen LogP contribution is 2.04. The summed E-state index contributed by atoms with van der Waals surface area (Å²) >= 11 is 0. The first-order chi connectivity index (χ1) is 4.86. The Balaban J connectivity index is 2.87. The first-order valence-electron chi connectivity index (χ1n) is 2.91. The van der Waals surface area contributed by atoms with Crippen molar-refractivity contribution in [3.05, 3.63) is 12.3 Å². The summed E-state index contributed by atoms with van der Waals surface area (Å²) in [6.45, 7) is 0. The van der Waals surface area contributed by atoms with Crippen molar-refractivity contribution < 1.29 is 4.74 Å². The van der Waals surface area contributed by atoms with Gasteiger partial charge in [0.2, 0.25) is 0 Å². The average Bonchev–Trinajstić information content (AvgIpc) is 2.05. The minimum absolute atomic E-state index is 0.381. The highest BCUT2D eigenvalue weighted by atomic mass is 16.5. The van der Waals surface area contributed by atoms with E-state index in [1.165, 1.54) is 7.11 Å². The Hall–Kier alpha value is -1.32. The second kappa shape index (κ2) is 3.00. The molecule has 0 saturated carbocycles. The molecule has 0 atom stereocenters. The molecule has 0 saturated heterocycles. The van der Waals surface area contributed by atoms with Crippen molar-refractivity contribution in [3.8, 4) is 6.01 Å². The van der Waals surface area contributed by atoms with Gasteiger partial charge in [-0.3, -0.25) is 0 Å². The van der Waals surface area contributed by atoms with Gasteiger partial charge in [0.15, 0.2) is 0 Å². The Labute approximate surface area is 59.3 Å². The molecule has 1 N–H and O–H groups in total. The summed E-state index contributed by atoms with van der Waals surface area (Å²) < 4.78 is 4.79. The Morgan fingerprint density at radius 1 is 1.60 bits per heavy atom. The molecule has 1 rings (SSSR count). The lowest BCUT2D eigenvalue weighted by molar-refractivity contribution is 0.380. The van der Waals surface area contributed by atoms with Crippen molar-refractivity contribution in [1.82, 2.24) is 9.97 Å². The second-order valence-corrected chi connectivity index (χ2v) is 1.68. The van der Waals surface area contributed by atoms with Crippen LogP contribution in [-0.2, 0) is 0 Å². The van der Waals surface area contributed by atoms with Gasteiger partial charge in [-0.1, -0.05) is 0 Å². The SMILES string of the molecule is CNc1ccnc(OC)n1. The van der Waals surface area contributed by atoms with E-state index in [9.17, 15) is 0 Å². The van der Waals surface area contributed by atoms with E-state index in [1.807, 2.05) is 0 Å². The van der Waals surface area contributed by atoms with E-state index in [0.717, 1.165) is 5.82 Å². The molecule has 10 heavy (non-hydrogen) atoms. The molecule has 0 unspecified atom stereocenters. The number of methoxy groups -OCH3 is 1. The van der Waals surface area contributed by atoms with Crippen LogP contribution in [0.1, 0.15) is 0 Å². The molecule has 54 valence electrons. The summed E-state index contributed by atoms with van der Waals surface area (Å²) in [4.78, 5) is 7.80. The average molecular weight is 139 g/mol. The van der Waals surface area contributed by atoms with Crippen molar-refractivity contribution in [2.24, 2.45) is 0 Å². The molecule has 1 aromatic rings. The van der Waals surface area contributed by atoms with Crippen LogP contribution in [-0.4, -0.2) is 24.1 Å². The third-order valence-corrected chi connectivity index (χ3v) is 1.07. The third kappa shape index (κ3) is 1.34. The van der Waals surface area contributed by atoms with Crippen molar-refractivity contribution in [1.29, 1.82) is 0 Å². The van der Waals surface area contributed by atoms with Gasteiger partial charge < -0.3 is 10.1 Å². The van der Waals surface area contributed by atoms with Crippen LogP contribution < -0.4 is 10.1 Å². The number of hydrogen-bond acceptors (Lipinski definition) is 4. The summed E-state index contributed by atoms with van der Waals surface area (Å²) in [5.74, 6) is 0.756. The van der Waals surface area contributed by atoms with Crippen LogP contribution in [0.5, 0.6) is 6.01 Å². The topological polar surface area (TPSA) is 47.0 Å². The van der Waals surface area contributed by atoms with Crippen LogP contribution in [0.4, 0.5) is 5.82 Å². The first-order valence-corrected chi connectivity index (χ1v) is 2.91. The fourth-order valence-electron chi connectivity index (χ4n) is 0.578. The molecular formula is C6H9N3O. The highest BCUT2D eigenvalue weighted by Gasteiger charge is 1.93. The molecule has 0 aliphatic carbocycles. The number of nitrogens with zero attached hydrogens (tertiary/aromatic N) is 2. The molecule has 0 aliphatic rings. The predicted molar refractivity (Wildman–Crippen MR) is 38.1 cm³/mol. The van der Waals surface area contributed by atoms with Crippen LogP contribution in [0.3, 0.4) is 0 Å². The number of nitrogens with one attached hydrogen (secondary N) is 1. The van der Waals surface area contributed by atoms with Gasteiger partial charge in [-0.05, 0) is 6.07 Å². The fraction of sp³-hybridized carbons (Fsp3) is 0.333. The molecular weight excluding hydrogens is 130 g/mol. The molecule has 0 radical (unpaired) electrons. The first kappa shape index (κ1) is 6.80. The van der Waals surface area contributed by atoms with E-state index in [-0.39, 0.29) is 0 Å². The van der Waals surface area contributed by atoms with E-state index in [2.05, 4.69) is 15.3 Å². The monoisotopic (exact) mass is 139 g/mol. The smallest absolute Gasteiger partial charge is 0.318 e. The number of rotatable bonds is 2. The van der Waals surface area contributed by atoms with Gasteiger partial charge in [0.25, 0.3) is 0 Å². The summed E-state index contributed by atoms with van der Waals surface area (Å²) in [5, 5.41) is 2.87. The van der Waals surface area contributed by atoms with Gasteiger partial charge in [0.1, 0.15) is 5.82 Å². The molecule has 0 bridgehead atoms. The molecule has 4 nitrogen and oxygen atoms in total. The Bertz CT molecular complexity index is 195. The number of hydrogen-bond donors (Lipinski definition) is 1. The van der Waals surface area contributed by atoms with E-state index < -0.39 is 0 Å². The van der Waals surface area contributed by atoms with Gasteiger partial charge in [-0.25, -0.2) is 4.98 Å². The normalized spacial score (nSPS) is 9.00. The summed E-state index contributed by atoms with van der Waals surface area (Å²) in [7, 11) is 3.33. The zero-order valence-electron chi connectivity index (χ0n) is 5.96. The number of aromatic nitrogens is 2. The molecule has 4 heteroatoms. The minimum Gasteiger partial charge on any atom is -0.467 e. The lowest BCUT2D eigenvalue weighted by Gasteiger charge is -1.99. The Morgan fingerprint density at radius 2 is 2.40 bits per heavy atom. The fourth-order valence-corrected chi connectivity index (χ4v) is 0.578. The van der Waals surface area contributed by atoms with E-state index in [0.29, 0.717) is 6.01 Å². The molecule has 0 aromatic carbocycles. The summed E-state index contributed by atoms with van der Waals surface area (Å²) in [6.07, 6.45) is 1.64. The summed E-state index contributed by atoms with van der Waals surface area (Å²) in [5.41, 5.74) is 0. The summed E-state index contributed by atoms with van der Waals surface area (Å²) in [6, 6.07) is 2.15. The highest BCUT2D eigenvalue weighted by molar-refractivity contribution is 5.32. The quantitative estimate of drug-likeness (QED) is 0.649. The largest absolute Gasteiger partial charge is 0.467 e. The second-order valence-electron chi connectivity index (χ2n) is 1.68. The van der Waals surface area contributed by atoms with Crippen molar-refractivity contribution in [3.63, 3.8) is 0 Å². The maximum Gasteiger partial charge on any atom is 0.318 e. The van der Waals surface area contributed by atoms with E-state index in [4.69, 9.17) is 4.74 Å². The van der Waals surface area contributed by atoms with Gasteiger partial charge in [0.05, 0.1) is 7.11 Å². The van der Waals surface area contributed by atoms with Gasteiger partial charge in [0, 0.05) is 13.2 Å². The standard InChI is InChI=1S/C6H9N3O/c1-7-5-3-4-8-6(9-5)10-2/h3-4H,1-2H3,(H,7,8,9).